The van der Waals surface area contributed by atoms with Gasteiger partial charge in [-0.2, -0.15) is 0 Å². The molecule has 0 unspecified atom stereocenters. The number of carbonyl (C=O) groups excluding carboxylic acids is 2. The van der Waals surface area contributed by atoms with Gasteiger partial charge in [0.05, 0.1) is 17.1 Å². The van der Waals surface area contributed by atoms with Gasteiger partial charge in [-0.1, -0.05) is 32.0 Å². The van der Waals surface area contributed by atoms with Crippen molar-refractivity contribution in [2.75, 3.05) is 0 Å². The van der Waals surface area contributed by atoms with Crippen molar-refractivity contribution in [3.05, 3.63) is 42.1 Å². The SMILES string of the molecule is CC(C)C[C@@H]([C]=O)NC(=O)c1cnc2ccccc2c1. The molecule has 1 amide bonds. The van der Waals surface area contributed by atoms with Crippen molar-refractivity contribution in [1.82, 2.24) is 10.3 Å². The lowest BCUT2D eigenvalue weighted by Gasteiger charge is -2.14. The number of nitrogens with zero attached hydrogens (tertiary/aromatic N) is 1. The Morgan fingerprint density at radius 3 is 2.80 bits per heavy atom. The van der Waals surface area contributed by atoms with Crippen LogP contribution in [-0.2, 0) is 4.79 Å². The van der Waals surface area contributed by atoms with Crippen LogP contribution in [0, 0.1) is 5.92 Å². The Kier molecular flexibility index (Phi) is 4.45. The molecule has 0 saturated heterocycles. The molecule has 2 rings (SSSR count). The van der Waals surface area contributed by atoms with Crippen molar-refractivity contribution in [3.63, 3.8) is 0 Å². The number of hydrogen-bond acceptors (Lipinski definition) is 3. The molecular formula is C16H17N2O2. The second-order valence-electron chi connectivity index (χ2n) is 5.19. The summed E-state index contributed by atoms with van der Waals surface area (Å²) in [5, 5.41) is 3.58. The summed E-state index contributed by atoms with van der Waals surface area (Å²) in [4.78, 5) is 27.2. The third-order valence-corrected chi connectivity index (χ3v) is 3.01. The molecule has 1 aromatic carbocycles. The molecule has 0 fully saturated rings. The second kappa shape index (κ2) is 6.28. The summed E-state index contributed by atoms with van der Waals surface area (Å²) < 4.78 is 0. The quantitative estimate of drug-likeness (QED) is 0.907. The number of pyridine rings is 1. The van der Waals surface area contributed by atoms with E-state index < -0.39 is 6.04 Å². The molecule has 0 aliphatic carbocycles. The average Bonchev–Trinajstić information content (AvgIpc) is 2.45. The number of para-hydroxylation sites is 1. The normalized spacial score (nSPS) is 12.3. The minimum Gasteiger partial charge on any atom is -0.342 e. The van der Waals surface area contributed by atoms with Gasteiger partial charge in [0.1, 0.15) is 0 Å². The first-order valence-electron chi connectivity index (χ1n) is 6.63. The number of nitrogens with one attached hydrogen (secondary N) is 1. The van der Waals surface area contributed by atoms with Gasteiger partial charge < -0.3 is 5.32 Å². The van der Waals surface area contributed by atoms with E-state index in [4.69, 9.17) is 0 Å². The van der Waals surface area contributed by atoms with Crippen LogP contribution >= 0.6 is 0 Å². The monoisotopic (exact) mass is 269 g/mol. The molecule has 1 aromatic heterocycles. The fourth-order valence-electron chi connectivity index (χ4n) is 2.04. The van der Waals surface area contributed by atoms with E-state index in [1.807, 2.05) is 44.4 Å². The highest BCUT2D eigenvalue weighted by atomic mass is 16.2. The van der Waals surface area contributed by atoms with Crippen molar-refractivity contribution < 1.29 is 9.59 Å². The summed E-state index contributed by atoms with van der Waals surface area (Å²) in [6.45, 7) is 3.99. The molecule has 4 nitrogen and oxygen atoms in total. The molecule has 1 radical (unpaired) electrons. The van der Waals surface area contributed by atoms with Crippen molar-refractivity contribution >= 4 is 23.1 Å². The van der Waals surface area contributed by atoms with Crippen LogP contribution in [0.1, 0.15) is 30.6 Å². The number of rotatable bonds is 5. The number of benzene rings is 1. The summed E-state index contributed by atoms with van der Waals surface area (Å²) in [5.41, 5.74) is 1.29. The lowest BCUT2D eigenvalue weighted by atomic mass is 10.0. The molecule has 0 aliphatic heterocycles. The molecule has 4 heteroatoms. The Morgan fingerprint density at radius 1 is 1.35 bits per heavy atom. The molecular weight excluding hydrogens is 252 g/mol. The third-order valence-electron chi connectivity index (χ3n) is 3.01. The Bertz CT molecular complexity index is 623. The lowest BCUT2D eigenvalue weighted by Crippen LogP contribution is -2.36. The number of amides is 1. The first kappa shape index (κ1) is 14.2. The predicted octanol–water partition coefficient (Wildman–Crippen LogP) is 2.49. The molecule has 1 atom stereocenters. The van der Waals surface area contributed by atoms with Gasteiger partial charge in [-0.25, -0.2) is 0 Å². The fraction of sp³-hybridized carbons (Fsp3) is 0.312. The minimum atomic E-state index is -0.575. The van der Waals surface area contributed by atoms with Gasteiger partial charge in [-0.05, 0) is 24.5 Å². The minimum absolute atomic E-state index is 0.294. The average molecular weight is 269 g/mol. The summed E-state index contributed by atoms with van der Waals surface area (Å²) in [6, 6.07) is 8.78. The van der Waals surface area contributed by atoms with E-state index >= 15 is 0 Å². The molecule has 1 N–H and O–H groups in total. The van der Waals surface area contributed by atoms with E-state index in [9.17, 15) is 9.59 Å². The van der Waals surface area contributed by atoms with Crippen LogP contribution in [-0.4, -0.2) is 23.2 Å². The van der Waals surface area contributed by atoms with Gasteiger partial charge in [-0.15, -0.1) is 0 Å². The summed E-state index contributed by atoms with van der Waals surface area (Å²) >= 11 is 0. The largest absolute Gasteiger partial charge is 0.342 e. The molecule has 103 valence electrons. The van der Waals surface area contributed by atoms with Crippen molar-refractivity contribution in [1.29, 1.82) is 0 Å². The van der Waals surface area contributed by atoms with E-state index in [-0.39, 0.29) is 5.91 Å². The molecule has 0 aliphatic rings. The Morgan fingerprint density at radius 2 is 2.10 bits per heavy atom. The molecule has 1 heterocycles. The first-order chi connectivity index (χ1) is 9.60. The van der Waals surface area contributed by atoms with E-state index in [1.165, 1.54) is 6.20 Å². The molecule has 20 heavy (non-hydrogen) atoms. The number of fused-ring (bicyclic) bond motifs is 1. The van der Waals surface area contributed by atoms with Gasteiger partial charge in [-0.3, -0.25) is 14.6 Å². The lowest BCUT2D eigenvalue weighted by molar-refractivity contribution is 0.0943. The summed E-state index contributed by atoms with van der Waals surface area (Å²) in [5.74, 6) is 0.0220. The van der Waals surface area contributed by atoms with Crippen molar-refractivity contribution in [2.45, 2.75) is 26.3 Å². The summed E-state index contributed by atoms with van der Waals surface area (Å²) in [7, 11) is 0. The summed E-state index contributed by atoms with van der Waals surface area (Å²) in [6.07, 6.45) is 3.97. The molecule has 0 spiro atoms. The van der Waals surface area contributed by atoms with E-state index in [0.717, 1.165) is 10.9 Å². The Labute approximate surface area is 118 Å². The zero-order valence-corrected chi connectivity index (χ0v) is 11.6. The number of hydrogen-bond donors (Lipinski definition) is 1. The van der Waals surface area contributed by atoms with Gasteiger partial charge in [0.15, 0.2) is 0 Å². The first-order valence-corrected chi connectivity index (χ1v) is 6.63. The van der Waals surface area contributed by atoms with Crippen molar-refractivity contribution in [3.8, 4) is 0 Å². The maximum atomic E-state index is 12.1. The van der Waals surface area contributed by atoms with E-state index in [0.29, 0.717) is 17.9 Å². The maximum Gasteiger partial charge on any atom is 0.253 e. The van der Waals surface area contributed by atoms with Crippen LogP contribution in [0.2, 0.25) is 0 Å². The zero-order valence-electron chi connectivity index (χ0n) is 11.6. The van der Waals surface area contributed by atoms with Crippen LogP contribution in [0.25, 0.3) is 10.9 Å². The smallest absolute Gasteiger partial charge is 0.253 e. The fourth-order valence-corrected chi connectivity index (χ4v) is 2.04. The van der Waals surface area contributed by atoms with Gasteiger partial charge in [0, 0.05) is 11.6 Å². The Balaban J connectivity index is 2.16. The number of aromatic nitrogens is 1. The predicted molar refractivity (Wildman–Crippen MR) is 78.1 cm³/mol. The van der Waals surface area contributed by atoms with Crippen LogP contribution in [0.3, 0.4) is 0 Å². The van der Waals surface area contributed by atoms with Gasteiger partial charge in [0.25, 0.3) is 5.91 Å². The van der Waals surface area contributed by atoms with Crippen LogP contribution in [0.15, 0.2) is 36.5 Å². The second-order valence-corrected chi connectivity index (χ2v) is 5.19. The molecule has 0 bridgehead atoms. The van der Waals surface area contributed by atoms with Crippen molar-refractivity contribution in [2.24, 2.45) is 5.92 Å². The van der Waals surface area contributed by atoms with Gasteiger partial charge in [0.2, 0.25) is 6.29 Å². The third kappa shape index (κ3) is 3.41. The topological polar surface area (TPSA) is 59.1 Å². The number of carbonyl (C=O) groups is 1. The van der Waals surface area contributed by atoms with Crippen LogP contribution in [0.4, 0.5) is 0 Å². The van der Waals surface area contributed by atoms with Gasteiger partial charge >= 0.3 is 0 Å². The molecule has 0 saturated carbocycles. The standard InChI is InChI=1S/C16H17N2O2/c1-11(2)7-14(10-19)18-16(20)13-8-12-5-3-4-6-15(12)17-9-13/h3-6,8-9,11,14H,7H2,1-2H3,(H,18,20)/t14-/m0/s1. The highest BCUT2D eigenvalue weighted by Crippen LogP contribution is 2.13. The van der Waals surface area contributed by atoms with E-state index in [1.54, 1.807) is 6.07 Å². The highest BCUT2D eigenvalue weighted by molar-refractivity contribution is 5.98. The van der Waals surface area contributed by atoms with E-state index in [2.05, 4.69) is 10.3 Å². The zero-order chi connectivity index (χ0) is 14.5. The van der Waals surface area contributed by atoms with Crippen LogP contribution in [0.5, 0.6) is 0 Å². The Hall–Kier alpha value is -2.23. The molecule has 2 aromatic rings. The highest BCUT2D eigenvalue weighted by Gasteiger charge is 2.15. The maximum absolute atomic E-state index is 12.1. The van der Waals surface area contributed by atoms with Crippen LogP contribution < -0.4 is 5.32 Å².